The van der Waals surface area contributed by atoms with Crippen LogP contribution in [-0.4, -0.2) is 64.9 Å². The van der Waals surface area contributed by atoms with Gasteiger partial charge >= 0.3 is 0 Å². The average molecular weight is 506 g/mol. The highest BCUT2D eigenvalue weighted by molar-refractivity contribution is 7.18. The van der Waals surface area contributed by atoms with Gasteiger partial charge in [0.2, 0.25) is 11.0 Å². The summed E-state index contributed by atoms with van der Waals surface area (Å²) in [7, 11) is 0. The van der Waals surface area contributed by atoms with Crippen molar-refractivity contribution in [3.8, 4) is 16.3 Å². The number of carbonyl (C=O) groups is 2. The highest BCUT2D eigenvalue weighted by Gasteiger charge is 2.54. The third-order valence-electron chi connectivity index (χ3n) is 6.74. The van der Waals surface area contributed by atoms with Gasteiger partial charge in [-0.1, -0.05) is 41.7 Å². The Balaban J connectivity index is 1.20. The second kappa shape index (κ2) is 9.61. The molecule has 3 aliphatic rings. The van der Waals surface area contributed by atoms with Crippen molar-refractivity contribution in [2.75, 3.05) is 36.9 Å². The second-order valence-corrected chi connectivity index (χ2v) is 10.3. The minimum Gasteiger partial charge on any atom is -0.488 e. The van der Waals surface area contributed by atoms with Crippen LogP contribution in [0.25, 0.3) is 10.6 Å². The van der Waals surface area contributed by atoms with E-state index in [2.05, 4.69) is 25.7 Å². The van der Waals surface area contributed by atoms with Crippen LogP contribution in [0.3, 0.4) is 0 Å². The summed E-state index contributed by atoms with van der Waals surface area (Å²) >= 11 is 1.31. The average Bonchev–Trinajstić information content (AvgIpc) is 3.85. The van der Waals surface area contributed by atoms with Gasteiger partial charge in [-0.2, -0.15) is 0 Å². The molecule has 2 aliphatic carbocycles. The molecule has 3 fully saturated rings. The molecule has 9 nitrogen and oxygen atoms in total. The molecule has 3 aromatic rings. The maximum Gasteiger partial charge on any atom is 0.257 e. The van der Waals surface area contributed by atoms with Crippen LogP contribution in [0.4, 0.5) is 10.8 Å². The third-order valence-corrected chi connectivity index (χ3v) is 7.62. The number of anilines is 2. The number of ether oxygens (including phenoxy) is 2. The number of carbonyl (C=O) groups excluding carboxylic acids is 2. The molecule has 2 heterocycles. The molecule has 0 atom stereocenters. The quantitative estimate of drug-likeness (QED) is 0.480. The number of nitrogens with zero attached hydrogens (tertiary/aromatic N) is 3. The van der Waals surface area contributed by atoms with E-state index in [9.17, 15) is 9.59 Å². The fraction of sp³-hybridized carbons (Fsp3) is 0.385. The van der Waals surface area contributed by atoms with Gasteiger partial charge in [-0.05, 0) is 43.9 Å². The Morgan fingerprint density at radius 2 is 1.81 bits per heavy atom. The molecule has 10 heteroatoms. The number of aromatic nitrogens is 2. The molecule has 1 saturated heterocycles. The lowest BCUT2D eigenvalue weighted by molar-refractivity contribution is -0.124. The summed E-state index contributed by atoms with van der Waals surface area (Å²) < 4.78 is 11.5. The molecule has 2 amide bonds. The van der Waals surface area contributed by atoms with Crippen LogP contribution in [0.5, 0.6) is 5.75 Å². The maximum absolute atomic E-state index is 13.4. The molecule has 6 rings (SSSR count). The lowest BCUT2D eigenvalue weighted by Crippen LogP contribution is -2.51. The van der Waals surface area contributed by atoms with Crippen LogP contribution >= 0.6 is 11.3 Å². The Labute approximate surface area is 212 Å². The molecule has 2 aromatic carbocycles. The van der Waals surface area contributed by atoms with Crippen LogP contribution in [0, 0.1) is 0 Å². The van der Waals surface area contributed by atoms with Gasteiger partial charge in [0.1, 0.15) is 16.3 Å². The summed E-state index contributed by atoms with van der Waals surface area (Å²) in [6, 6.07) is 14.8. The smallest absolute Gasteiger partial charge is 0.257 e. The summed E-state index contributed by atoms with van der Waals surface area (Å²) in [6.45, 7) is 2.76. The summed E-state index contributed by atoms with van der Waals surface area (Å²) in [5.41, 5.74) is 1.36. The Morgan fingerprint density at radius 1 is 1.03 bits per heavy atom. The van der Waals surface area contributed by atoms with Gasteiger partial charge in [0, 0.05) is 24.2 Å². The van der Waals surface area contributed by atoms with E-state index in [1.54, 1.807) is 18.2 Å². The van der Waals surface area contributed by atoms with Crippen molar-refractivity contribution < 1.29 is 19.1 Å². The van der Waals surface area contributed by atoms with Gasteiger partial charge in [0.15, 0.2) is 0 Å². The third kappa shape index (κ3) is 4.84. The van der Waals surface area contributed by atoms with Crippen molar-refractivity contribution in [2.24, 2.45) is 0 Å². The molecule has 0 unspecified atom stereocenters. The first kappa shape index (κ1) is 23.1. The molecule has 0 radical (unpaired) electrons. The minimum absolute atomic E-state index is 0.0563. The summed E-state index contributed by atoms with van der Waals surface area (Å²) in [5, 5.41) is 15.3. The van der Waals surface area contributed by atoms with E-state index in [0.29, 0.717) is 35.3 Å². The molecule has 1 aliphatic heterocycles. The summed E-state index contributed by atoms with van der Waals surface area (Å²) in [6.07, 6.45) is 3.78. The Hall–Kier alpha value is -3.34. The largest absolute Gasteiger partial charge is 0.488 e. The molecule has 1 aromatic heterocycles. The number of nitrogens with one attached hydrogen (secondary N) is 2. The zero-order valence-electron chi connectivity index (χ0n) is 19.7. The predicted octanol–water partition coefficient (Wildman–Crippen LogP) is 3.80. The van der Waals surface area contributed by atoms with E-state index < -0.39 is 5.54 Å². The van der Waals surface area contributed by atoms with Crippen LogP contribution in [-0.2, 0) is 9.53 Å². The zero-order valence-corrected chi connectivity index (χ0v) is 20.6. The SMILES string of the molecule is O=C(Nc1nnc(-c2ccccc2)s1)c1ccc(OC2CC2)c(NC(=O)C2(N3CCOCC3)CC2)c1. The number of hydrogen-bond acceptors (Lipinski definition) is 8. The Kier molecular flexibility index (Phi) is 6.16. The number of rotatable bonds is 8. The first-order valence-corrected chi connectivity index (χ1v) is 13.1. The van der Waals surface area contributed by atoms with E-state index in [1.807, 2.05) is 30.3 Å². The molecular formula is C26H27N5O4S. The fourth-order valence-electron chi connectivity index (χ4n) is 4.41. The lowest BCUT2D eigenvalue weighted by Gasteiger charge is -2.34. The van der Waals surface area contributed by atoms with Gasteiger partial charge in [0.25, 0.3) is 5.91 Å². The van der Waals surface area contributed by atoms with Crippen molar-refractivity contribution in [1.29, 1.82) is 0 Å². The van der Waals surface area contributed by atoms with E-state index in [1.165, 1.54) is 11.3 Å². The van der Waals surface area contributed by atoms with Crippen molar-refractivity contribution in [2.45, 2.75) is 37.3 Å². The van der Waals surface area contributed by atoms with Gasteiger partial charge < -0.3 is 14.8 Å². The molecule has 2 N–H and O–H groups in total. The normalized spacial score (nSPS) is 18.9. The van der Waals surface area contributed by atoms with Crippen LogP contribution in [0.1, 0.15) is 36.0 Å². The number of hydrogen-bond donors (Lipinski definition) is 2. The van der Waals surface area contributed by atoms with Crippen molar-refractivity contribution in [1.82, 2.24) is 15.1 Å². The first-order chi connectivity index (χ1) is 17.6. The Bertz CT molecular complexity index is 1270. The van der Waals surface area contributed by atoms with Crippen molar-refractivity contribution in [3.63, 3.8) is 0 Å². The van der Waals surface area contributed by atoms with E-state index in [4.69, 9.17) is 9.47 Å². The zero-order chi connectivity index (χ0) is 24.5. The maximum atomic E-state index is 13.4. The number of morpholine rings is 1. The monoisotopic (exact) mass is 505 g/mol. The fourth-order valence-corrected chi connectivity index (χ4v) is 5.16. The molecule has 0 spiro atoms. The van der Waals surface area contributed by atoms with Gasteiger partial charge in [-0.15, -0.1) is 10.2 Å². The van der Waals surface area contributed by atoms with Crippen LogP contribution in [0.2, 0.25) is 0 Å². The first-order valence-electron chi connectivity index (χ1n) is 12.3. The van der Waals surface area contributed by atoms with Crippen molar-refractivity contribution in [3.05, 3.63) is 54.1 Å². The highest BCUT2D eigenvalue weighted by atomic mass is 32.1. The van der Waals surface area contributed by atoms with Crippen LogP contribution < -0.4 is 15.4 Å². The summed E-state index contributed by atoms with van der Waals surface area (Å²) in [4.78, 5) is 28.7. The van der Waals surface area contributed by atoms with Crippen LogP contribution in [0.15, 0.2) is 48.5 Å². The topological polar surface area (TPSA) is 106 Å². The van der Waals surface area contributed by atoms with E-state index >= 15 is 0 Å². The molecule has 0 bridgehead atoms. The minimum atomic E-state index is -0.501. The standard InChI is InChI=1S/C26H27N5O4S/c32-22(28-25-30-29-23(36-25)17-4-2-1-3-5-17)18-6-9-21(35-19-7-8-19)20(16-18)27-24(33)26(10-11-26)31-12-14-34-15-13-31/h1-6,9,16,19H,7-8,10-15H2,(H,27,33)(H,28,30,32). The van der Waals surface area contributed by atoms with Gasteiger partial charge in [-0.25, -0.2) is 0 Å². The molecular weight excluding hydrogens is 478 g/mol. The van der Waals surface area contributed by atoms with Crippen molar-refractivity contribution >= 4 is 34.0 Å². The van der Waals surface area contributed by atoms with E-state index in [0.717, 1.165) is 49.3 Å². The Morgan fingerprint density at radius 3 is 2.53 bits per heavy atom. The van der Waals surface area contributed by atoms with Gasteiger partial charge in [-0.3, -0.25) is 19.8 Å². The highest BCUT2D eigenvalue weighted by Crippen LogP contribution is 2.44. The number of benzene rings is 2. The lowest BCUT2D eigenvalue weighted by atomic mass is 10.1. The molecule has 36 heavy (non-hydrogen) atoms. The molecule has 2 saturated carbocycles. The second-order valence-electron chi connectivity index (χ2n) is 9.35. The van der Waals surface area contributed by atoms with E-state index in [-0.39, 0.29) is 17.9 Å². The van der Waals surface area contributed by atoms with Gasteiger partial charge in [0.05, 0.1) is 25.0 Å². The summed E-state index contributed by atoms with van der Waals surface area (Å²) in [5.74, 6) is 0.204. The predicted molar refractivity (Wildman–Crippen MR) is 136 cm³/mol. The molecule has 186 valence electrons. The number of amides is 2.